The highest BCUT2D eigenvalue weighted by Gasteiger charge is 2.67. The zero-order chi connectivity index (χ0) is 24.6. The molecule has 0 saturated carbocycles. The number of hydrogen-bond acceptors (Lipinski definition) is 4. The molecule has 1 aliphatic carbocycles. The SMILES string of the molecule is CCOC(=O)C1(O[SiH3])C(=O)c2cccc(C(C)(C)C)c2CC1(c1ccccc1)c1ccccc1. The van der Waals surface area contributed by atoms with Gasteiger partial charge in [-0.05, 0) is 41.0 Å². The standard InChI is InChI=1S/C29H32O4Si/c1-5-32-26(31)29(33-34)25(30)22-17-12-18-24(27(2,3)4)23(22)19-28(29,20-13-8-6-9-14-20)21-15-10-7-11-16-21/h6-18H,5,19H2,1-4,34H3. The summed E-state index contributed by atoms with van der Waals surface area (Å²) < 4.78 is 11.8. The molecule has 0 spiro atoms. The number of Topliss-reactive ketones (excluding diaryl/α,β-unsaturated/α-hetero) is 1. The van der Waals surface area contributed by atoms with Crippen molar-refractivity contribution in [3.63, 3.8) is 0 Å². The molecule has 0 bridgehead atoms. The maximum Gasteiger partial charge on any atom is 0.346 e. The van der Waals surface area contributed by atoms with Crippen LogP contribution in [0.15, 0.2) is 78.9 Å². The van der Waals surface area contributed by atoms with E-state index in [-0.39, 0.29) is 28.3 Å². The maximum absolute atomic E-state index is 14.5. The lowest BCUT2D eigenvalue weighted by Gasteiger charge is -2.51. The van der Waals surface area contributed by atoms with E-state index in [0.29, 0.717) is 12.0 Å². The fraction of sp³-hybridized carbons (Fsp3) is 0.310. The van der Waals surface area contributed by atoms with Crippen molar-refractivity contribution in [3.05, 3.63) is 107 Å². The topological polar surface area (TPSA) is 52.6 Å². The summed E-state index contributed by atoms with van der Waals surface area (Å²) in [5.74, 6) is -0.962. The van der Waals surface area contributed by atoms with Crippen molar-refractivity contribution in [2.24, 2.45) is 0 Å². The van der Waals surface area contributed by atoms with Gasteiger partial charge in [0, 0.05) is 5.56 Å². The lowest BCUT2D eigenvalue weighted by Crippen LogP contribution is -2.67. The quantitative estimate of drug-likeness (QED) is 0.316. The van der Waals surface area contributed by atoms with Gasteiger partial charge < -0.3 is 9.16 Å². The van der Waals surface area contributed by atoms with E-state index in [9.17, 15) is 9.59 Å². The van der Waals surface area contributed by atoms with Gasteiger partial charge in [0.05, 0.1) is 12.0 Å². The van der Waals surface area contributed by atoms with E-state index in [1.807, 2.05) is 72.8 Å². The monoisotopic (exact) mass is 472 g/mol. The average Bonchev–Trinajstić information content (AvgIpc) is 2.84. The third-order valence-corrected chi connectivity index (χ3v) is 7.61. The fourth-order valence-corrected chi connectivity index (χ4v) is 6.24. The van der Waals surface area contributed by atoms with Crippen LogP contribution in [0.3, 0.4) is 0 Å². The van der Waals surface area contributed by atoms with Crippen LogP contribution in [0.4, 0.5) is 0 Å². The number of ether oxygens (including phenoxy) is 1. The van der Waals surface area contributed by atoms with Gasteiger partial charge in [-0.25, -0.2) is 4.79 Å². The summed E-state index contributed by atoms with van der Waals surface area (Å²) in [6, 6.07) is 25.4. The number of ketones is 1. The summed E-state index contributed by atoms with van der Waals surface area (Å²) >= 11 is 0. The number of carbonyl (C=O) groups excluding carboxylic acids is 2. The molecule has 0 aliphatic heterocycles. The second kappa shape index (κ2) is 8.97. The summed E-state index contributed by atoms with van der Waals surface area (Å²) in [5, 5.41) is 0. The Kier molecular flexibility index (Phi) is 6.36. The van der Waals surface area contributed by atoms with Crippen molar-refractivity contribution in [2.75, 3.05) is 6.61 Å². The van der Waals surface area contributed by atoms with E-state index in [0.717, 1.165) is 22.3 Å². The molecule has 1 atom stereocenters. The highest BCUT2D eigenvalue weighted by atomic mass is 28.2. The van der Waals surface area contributed by atoms with Gasteiger partial charge in [-0.1, -0.05) is 99.6 Å². The van der Waals surface area contributed by atoms with Crippen molar-refractivity contribution in [1.82, 2.24) is 0 Å². The minimum Gasteiger partial charge on any atom is -0.463 e. The summed E-state index contributed by atoms with van der Waals surface area (Å²) in [7, 11) is 0.180. The van der Waals surface area contributed by atoms with Gasteiger partial charge in [0.15, 0.2) is 0 Å². The molecule has 0 heterocycles. The molecule has 0 saturated heterocycles. The van der Waals surface area contributed by atoms with E-state index < -0.39 is 17.0 Å². The molecule has 3 aromatic rings. The maximum atomic E-state index is 14.5. The molecule has 0 aromatic heterocycles. The number of benzene rings is 3. The van der Waals surface area contributed by atoms with Crippen LogP contribution in [0.5, 0.6) is 0 Å². The predicted octanol–water partition coefficient (Wildman–Crippen LogP) is 4.31. The smallest absolute Gasteiger partial charge is 0.346 e. The van der Waals surface area contributed by atoms with E-state index in [2.05, 4.69) is 26.8 Å². The first-order chi connectivity index (χ1) is 16.2. The van der Waals surface area contributed by atoms with Crippen LogP contribution in [0.1, 0.15) is 60.3 Å². The number of fused-ring (bicyclic) bond motifs is 1. The second-order valence-corrected chi connectivity index (χ2v) is 10.2. The van der Waals surface area contributed by atoms with Crippen molar-refractivity contribution in [1.29, 1.82) is 0 Å². The van der Waals surface area contributed by atoms with E-state index >= 15 is 0 Å². The van der Waals surface area contributed by atoms with Crippen LogP contribution in [0, 0.1) is 0 Å². The Bertz CT molecular complexity index is 1160. The lowest BCUT2D eigenvalue weighted by atomic mass is 9.53. The fourth-order valence-electron chi connectivity index (χ4n) is 5.54. The molecule has 5 heteroatoms. The number of esters is 1. The van der Waals surface area contributed by atoms with E-state index in [1.54, 1.807) is 6.92 Å². The molecule has 0 amide bonds. The molecule has 4 rings (SSSR count). The molecule has 176 valence electrons. The van der Waals surface area contributed by atoms with Gasteiger partial charge in [-0.15, -0.1) is 0 Å². The summed E-state index contributed by atoms with van der Waals surface area (Å²) in [5.41, 5.74) is 1.22. The van der Waals surface area contributed by atoms with Crippen LogP contribution in [0.25, 0.3) is 0 Å². The second-order valence-electron chi connectivity index (χ2n) is 9.83. The predicted molar refractivity (Wildman–Crippen MR) is 137 cm³/mol. The Morgan fingerprint density at radius 2 is 1.47 bits per heavy atom. The largest absolute Gasteiger partial charge is 0.463 e. The van der Waals surface area contributed by atoms with Gasteiger partial charge in [-0.2, -0.15) is 0 Å². The van der Waals surface area contributed by atoms with Crippen molar-refractivity contribution < 1.29 is 18.8 Å². The highest BCUT2D eigenvalue weighted by molar-refractivity contribution is 6.22. The number of hydrogen-bond donors (Lipinski definition) is 0. The summed E-state index contributed by atoms with van der Waals surface area (Å²) in [6.07, 6.45) is 0.441. The molecular weight excluding hydrogens is 440 g/mol. The number of rotatable bonds is 5. The Morgan fingerprint density at radius 3 is 1.94 bits per heavy atom. The van der Waals surface area contributed by atoms with Gasteiger partial charge in [0.25, 0.3) is 0 Å². The third kappa shape index (κ3) is 3.46. The first-order valence-corrected chi connectivity index (χ1v) is 12.6. The molecule has 3 aromatic carbocycles. The van der Waals surface area contributed by atoms with Crippen molar-refractivity contribution >= 4 is 22.2 Å². The molecule has 1 unspecified atom stereocenters. The zero-order valence-electron chi connectivity index (χ0n) is 20.6. The van der Waals surface area contributed by atoms with Crippen LogP contribution in [-0.2, 0) is 31.2 Å². The highest BCUT2D eigenvalue weighted by Crippen LogP contribution is 2.53. The molecule has 1 aliphatic rings. The van der Waals surface area contributed by atoms with E-state index in [1.165, 1.54) is 0 Å². The average molecular weight is 473 g/mol. The zero-order valence-corrected chi connectivity index (χ0v) is 22.6. The lowest BCUT2D eigenvalue weighted by molar-refractivity contribution is -0.162. The molecule has 4 nitrogen and oxygen atoms in total. The van der Waals surface area contributed by atoms with Crippen LogP contribution < -0.4 is 0 Å². The molecule has 34 heavy (non-hydrogen) atoms. The minimum absolute atomic E-state index is 0.160. The minimum atomic E-state index is -1.82. The van der Waals surface area contributed by atoms with E-state index in [4.69, 9.17) is 9.16 Å². The Hall–Kier alpha value is -3.02. The van der Waals surface area contributed by atoms with Gasteiger partial charge in [0.2, 0.25) is 11.4 Å². The first-order valence-electron chi connectivity index (χ1n) is 11.7. The van der Waals surface area contributed by atoms with Gasteiger partial charge >= 0.3 is 5.97 Å². The Morgan fingerprint density at radius 1 is 0.912 bits per heavy atom. The Balaban J connectivity index is 2.19. The molecule has 0 fully saturated rings. The molecular formula is C29H32O4Si. The Labute approximate surface area is 204 Å². The summed E-state index contributed by atoms with van der Waals surface area (Å²) in [6.45, 7) is 8.36. The molecule has 0 N–H and O–H groups in total. The van der Waals surface area contributed by atoms with Crippen molar-refractivity contribution in [3.8, 4) is 0 Å². The third-order valence-electron chi connectivity index (χ3n) is 6.99. The van der Waals surface area contributed by atoms with Crippen LogP contribution in [-0.4, -0.2) is 34.4 Å². The summed E-state index contributed by atoms with van der Waals surface area (Å²) in [4.78, 5) is 28.4. The van der Waals surface area contributed by atoms with Gasteiger partial charge in [0.1, 0.15) is 10.5 Å². The van der Waals surface area contributed by atoms with Gasteiger partial charge in [-0.3, -0.25) is 4.79 Å². The molecule has 0 radical (unpaired) electrons. The van der Waals surface area contributed by atoms with Crippen LogP contribution in [0.2, 0.25) is 0 Å². The van der Waals surface area contributed by atoms with Crippen molar-refractivity contribution in [2.45, 2.75) is 50.5 Å². The first kappa shape index (κ1) is 24.1. The number of carbonyl (C=O) groups is 2. The van der Waals surface area contributed by atoms with Crippen LogP contribution >= 0.6 is 0 Å². The normalized spacial score (nSPS) is 19.5.